The van der Waals surface area contributed by atoms with Gasteiger partial charge in [-0.2, -0.15) is 0 Å². The summed E-state index contributed by atoms with van der Waals surface area (Å²) in [6.07, 6.45) is 2.46. The molecule has 21 heavy (non-hydrogen) atoms. The first-order chi connectivity index (χ1) is 10.0. The fourth-order valence-electron chi connectivity index (χ4n) is 2.70. The molecular formula is C17H24N2O2. The van der Waals surface area contributed by atoms with E-state index in [-0.39, 0.29) is 11.8 Å². The van der Waals surface area contributed by atoms with Gasteiger partial charge >= 0.3 is 0 Å². The summed E-state index contributed by atoms with van der Waals surface area (Å²) in [5.41, 5.74) is 3.19. The van der Waals surface area contributed by atoms with Crippen LogP contribution in [0.2, 0.25) is 0 Å². The largest absolute Gasteiger partial charge is 0.338 e. The smallest absolute Gasteiger partial charge is 0.223 e. The zero-order valence-electron chi connectivity index (χ0n) is 13.1. The number of carbonyl (C=O) groups excluding carboxylic acids is 2. The van der Waals surface area contributed by atoms with Crippen LogP contribution in [-0.2, 0) is 22.6 Å². The van der Waals surface area contributed by atoms with Crippen molar-refractivity contribution in [1.29, 1.82) is 0 Å². The Morgan fingerprint density at radius 3 is 2.81 bits per heavy atom. The summed E-state index contributed by atoms with van der Waals surface area (Å²) in [6.45, 7) is 7.13. The number of benzene rings is 1. The van der Waals surface area contributed by atoms with Crippen molar-refractivity contribution in [3.05, 3.63) is 29.3 Å². The fraction of sp³-hybridized carbons (Fsp3) is 0.529. The normalized spacial score (nSPS) is 15.3. The standard InChI is InChI=1S/C17H24N2O2/c1-4-12(2)10-17(21)19-9-8-15-14(11-19)6-5-7-16(15)18-13(3)20/h5-7,12H,4,8-11H2,1-3H3,(H,18,20). The SMILES string of the molecule is CCC(C)CC(=O)N1CCc2c(cccc2NC(C)=O)C1. The van der Waals surface area contributed by atoms with Gasteiger partial charge in [0.05, 0.1) is 0 Å². The molecular weight excluding hydrogens is 264 g/mol. The number of anilines is 1. The third-order valence-electron chi connectivity index (χ3n) is 4.15. The number of rotatable bonds is 4. The second kappa shape index (κ2) is 6.74. The van der Waals surface area contributed by atoms with Gasteiger partial charge in [-0.1, -0.05) is 32.4 Å². The molecule has 1 aromatic rings. The minimum Gasteiger partial charge on any atom is -0.338 e. The first-order valence-corrected chi connectivity index (χ1v) is 7.67. The van der Waals surface area contributed by atoms with Crippen LogP contribution in [0.25, 0.3) is 0 Å². The molecule has 1 N–H and O–H groups in total. The molecule has 0 aliphatic carbocycles. The highest BCUT2D eigenvalue weighted by Crippen LogP contribution is 2.27. The molecule has 1 unspecified atom stereocenters. The average Bonchev–Trinajstić information content (AvgIpc) is 2.46. The van der Waals surface area contributed by atoms with Crippen molar-refractivity contribution in [2.75, 3.05) is 11.9 Å². The maximum atomic E-state index is 12.3. The number of fused-ring (bicyclic) bond motifs is 1. The lowest BCUT2D eigenvalue weighted by Crippen LogP contribution is -2.37. The molecule has 2 amide bonds. The molecule has 1 aliphatic rings. The summed E-state index contributed by atoms with van der Waals surface area (Å²) in [6, 6.07) is 5.91. The maximum Gasteiger partial charge on any atom is 0.223 e. The fourth-order valence-corrected chi connectivity index (χ4v) is 2.70. The molecule has 0 saturated carbocycles. The highest BCUT2D eigenvalue weighted by atomic mass is 16.2. The van der Waals surface area contributed by atoms with Crippen LogP contribution in [0.3, 0.4) is 0 Å². The maximum absolute atomic E-state index is 12.3. The third kappa shape index (κ3) is 3.84. The molecule has 1 aromatic carbocycles. The Hall–Kier alpha value is -1.84. The Bertz CT molecular complexity index is 540. The average molecular weight is 288 g/mol. The van der Waals surface area contributed by atoms with Crippen LogP contribution in [0, 0.1) is 5.92 Å². The van der Waals surface area contributed by atoms with E-state index in [2.05, 4.69) is 19.2 Å². The Kier molecular flexibility index (Phi) is 4.99. The number of amides is 2. The Morgan fingerprint density at radius 1 is 1.38 bits per heavy atom. The molecule has 4 nitrogen and oxygen atoms in total. The van der Waals surface area contributed by atoms with Crippen molar-refractivity contribution in [3.8, 4) is 0 Å². The van der Waals surface area contributed by atoms with Crippen LogP contribution in [0.1, 0.15) is 44.7 Å². The topological polar surface area (TPSA) is 49.4 Å². The van der Waals surface area contributed by atoms with Crippen molar-refractivity contribution in [1.82, 2.24) is 4.90 Å². The van der Waals surface area contributed by atoms with Gasteiger partial charge in [-0.15, -0.1) is 0 Å². The minimum atomic E-state index is -0.0568. The van der Waals surface area contributed by atoms with E-state index in [1.807, 2.05) is 23.1 Å². The van der Waals surface area contributed by atoms with Gasteiger partial charge in [0.1, 0.15) is 0 Å². The highest BCUT2D eigenvalue weighted by molar-refractivity contribution is 5.90. The summed E-state index contributed by atoms with van der Waals surface area (Å²) in [7, 11) is 0. The van der Waals surface area contributed by atoms with Gasteiger partial charge in [-0.25, -0.2) is 0 Å². The molecule has 2 rings (SSSR count). The first kappa shape index (κ1) is 15.5. The van der Waals surface area contributed by atoms with Crippen LogP contribution in [-0.4, -0.2) is 23.3 Å². The molecule has 0 radical (unpaired) electrons. The number of hydrogen-bond donors (Lipinski definition) is 1. The Labute approximate surface area is 126 Å². The number of nitrogens with zero attached hydrogens (tertiary/aromatic N) is 1. The zero-order chi connectivity index (χ0) is 15.4. The van der Waals surface area contributed by atoms with Crippen LogP contribution in [0.5, 0.6) is 0 Å². The van der Waals surface area contributed by atoms with Crippen LogP contribution < -0.4 is 5.32 Å². The van der Waals surface area contributed by atoms with Crippen molar-refractivity contribution in [3.63, 3.8) is 0 Å². The summed E-state index contributed by atoms with van der Waals surface area (Å²) in [5.74, 6) is 0.614. The predicted octanol–water partition coefficient (Wildman–Crippen LogP) is 2.97. The summed E-state index contributed by atoms with van der Waals surface area (Å²) >= 11 is 0. The lowest BCUT2D eigenvalue weighted by Gasteiger charge is -2.31. The van der Waals surface area contributed by atoms with Gasteiger partial charge in [0.25, 0.3) is 0 Å². The van der Waals surface area contributed by atoms with E-state index in [4.69, 9.17) is 0 Å². The van der Waals surface area contributed by atoms with Gasteiger partial charge in [0.2, 0.25) is 11.8 Å². The monoisotopic (exact) mass is 288 g/mol. The van der Waals surface area contributed by atoms with Crippen molar-refractivity contribution < 1.29 is 9.59 Å². The van der Waals surface area contributed by atoms with Gasteiger partial charge in [-0.3, -0.25) is 9.59 Å². The lowest BCUT2D eigenvalue weighted by molar-refractivity contribution is -0.133. The van der Waals surface area contributed by atoms with E-state index >= 15 is 0 Å². The van der Waals surface area contributed by atoms with Crippen molar-refractivity contribution >= 4 is 17.5 Å². The Balaban J connectivity index is 2.10. The molecule has 4 heteroatoms. The van der Waals surface area contributed by atoms with Gasteiger partial charge < -0.3 is 10.2 Å². The van der Waals surface area contributed by atoms with Gasteiger partial charge in [-0.05, 0) is 29.5 Å². The molecule has 0 bridgehead atoms. The first-order valence-electron chi connectivity index (χ1n) is 7.67. The van der Waals surface area contributed by atoms with Crippen LogP contribution in [0.4, 0.5) is 5.69 Å². The van der Waals surface area contributed by atoms with E-state index in [1.165, 1.54) is 12.5 Å². The van der Waals surface area contributed by atoms with Gasteiger partial charge in [0.15, 0.2) is 0 Å². The van der Waals surface area contributed by atoms with E-state index < -0.39 is 0 Å². The van der Waals surface area contributed by atoms with Gasteiger partial charge in [0, 0.05) is 32.1 Å². The quantitative estimate of drug-likeness (QED) is 0.926. The van der Waals surface area contributed by atoms with Crippen LogP contribution >= 0.6 is 0 Å². The highest BCUT2D eigenvalue weighted by Gasteiger charge is 2.23. The second-order valence-corrected chi connectivity index (χ2v) is 5.91. The number of nitrogens with one attached hydrogen (secondary N) is 1. The number of carbonyl (C=O) groups is 2. The summed E-state index contributed by atoms with van der Waals surface area (Å²) in [5, 5.41) is 2.88. The Morgan fingerprint density at radius 2 is 2.14 bits per heavy atom. The molecule has 1 aliphatic heterocycles. The zero-order valence-corrected chi connectivity index (χ0v) is 13.1. The molecule has 0 fully saturated rings. The van der Waals surface area contributed by atoms with E-state index in [9.17, 15) is 9.59 Å². The molecule has 1 heterocycles. The third-order valence-corrected chi connectivity index (χ3v) is 4.15. The van der Waals surface area contributed by atoms with Crippen LogP contribution in [0.15, 0.2) is 18.2 Å². The minimum absolute atomic E-state index is 0.0568. The molecule has 114 valence electrons. The molecule has 0 aromatic heterocycles. The molecule has 0 spiro atoms. The number of hydrogen-bond acceptors (Lipinski definition) is 2. The van der Waals surface area contributed by atoms with Crippen molar-refractivity contribution in [2.24, 2.45) is 5.92 Å². The van der Waals surface area contributed by atoms with E-state index in [0.717, 1.165) is 30.6 Å². The summed E-state index contributed by atoms with van der Waals surface area (Å²) < 4.78 is 0. The van der Waals surface area contributed by atoms with E-state index in [1.54, 1.807) is 0 Å². The second-order valence-electron chi connectivity index (χ2n) is 5.91. The predicted molar refractivity (Wildman–Crippen MR) is 83.9 cm³/mol. The van der Waals surface area contributed by atoms with Crippen molar-refractivity contribution in [2.45, 2.75) is 46.6 Å². The lowest BCUT2D eigenvalue weighted by atomic mass is 9.96. The summed E-state index contributed by atoms with van der Waals surface area (Å²) in [4.78, 5) is 25.5. The molecule has 0 saturated heterocycles. The van der Waals surface area contributed by atoms with E-state index in [0.29, 0.717) is 18.9 Å². The molecule has 1 atom stereocenters.